The van der Waals surface area contributed by atoms with Crippen LogP contribution in [-0.2, 0) is 25.4 Å². The van der Waals surface area contributed by atoms with Crippen molar-refractivity contribution in [2.45, 2.75) is 56.4 Å². The number of rotatable bonds is 12. The standard InChI is InChI=1S/C35H37N5O8S/c41-29(32-38-23-9-4-5-11-28(23)49-32)25(18-21-12-14-36-30(21)42)37-31(43)26(17-20-7-2-1-3-8-20)40-15-6-10-24(33(40)44)39-35(45)48-27-19-47-34-22(27)13-16-46-34/h1-11,15,21-22,25-27,31,34,37,43H,12-14,16-19H2,(H,36,42)(H,39,45)/t21-,22-,25-,26-,27-,31?,34+/m0/s1. The van der Waals surface area contributed by atoms with Crippen LogP contribution in [0, 0.1) is 11.8 Å². The highest BCUT2D eigenvalue weighted by atomic mass is 32.1. The number of ether oxygens (including phenoxy) is 3. The van der Waals surface area contributed by atoms with Gasteiger partial charge in [-0.2, -0.15) is 0 Å². The molecule has 0 aliphatic carbocycles. The fourth-order valence-corrected chi connectivity index (χ4v) is 7.72. The van der Waals surface area contributed by atoms with Crippen molar-refractivity contribution in [1.82, 2.24) is 20.2 Å². The highest BCUT2D eigenvalue weighted by Gasteiger charge is 2.44. The number of aliphatic hydroxyl groups is 1. The van der Waals surface area contributed by atoms with Gasteiger partial charge in [-0.1, -0.05) is 42.5 Å². The van der Waals surface area contributed by atoms with Gasteiger partial charge < -0.3 is 29.2 Å². The molecule has 4 N–H and O–H groups in total. The van der Waals surface area contributed by atoms with E-state index in [2.05, 4.69) is 20.9 Å². The van der Waals surface area contributed by atoms with Crippen molar-refractivity contribution in [3.05, 3.63) is 93.9 Å². The fraction of sp³-hybridized carbons (Fsp3) is 0.400. The molecule has 256 valence electrons. The summed E-state index contributed by atoms with van der Waals surface area (Å²) in [6, 6.07) is 17.9. The van der Waals surface area contributed by atoms with Gasteiger partial charge in [-0.05, 0) is 55.5 Å². The number of hydrogen-bond acceptors (Lipinski definition) is 11. The van der Waals surface area contributed by atoms with E-state index in [9.17, 15) is 24.3 Å². The van der Waals surface area contributed by atoms with Gasteiger partial charge in [-0.3, -0.25) is 25.0 Å². The molecule has 13 nitrogen and oxygen atoms in total. The minimum absolute atomic E-state index is 0.0411. The van der Waals surface area contributed by atoms with E-state index >= 15 is 0 Å². The maximum absolute atomic E-state index is 14.0. The Balaban J connectivity index is 1.15. The number of ketones is 1. The zero-order chi connectivity index (χ0) is 33.9. The maximum Gasteiger partial charge on any atom is 0.412 e. The molecule has 3 aliphatic heterocycles. The lowest BCUT2D eigenvalue weighted by Crippen LogP contribution is -2.50. The van der Waals surface area contributed by atoms with Crippen molar-refractivity contribution in [3.63, 3.8) is 0 Å². The number of nitrogens with zero attached hydrogens (tertiary/aromatic N) is 2. The van der Waals surface area contributed by atoms with E-state index in [0.717, 1.165) is 10.3 Å². The van der Waals surface area contributed by atoms with Gasteiger partial charge in [-0.25, -0.2) is 9.78 Å². The van der Waals surface area contributed by atoms with Crippen molar-refractivity contribution in [1.29, 1.82) is 0 Å². The summed E-state index contributed by atoms with van der Waals surface area (Å²) in [5, 5.41) is 20.6. The SMILES string of the molecule is O=C(Nc1cccn([C@@H](Cc2ccccc2)C(O)N[C@@H](C[C@@H]2CCNC2=O)C(=O)c2nc3ccccc3s2)c1=O)O[C@H]1CO[C@H]2OCC[C@H]21. The van der Waals surface area contributed by atoms with Gasteiger partial charge in [-0.15, -0.1) is 11.3 Å². The third-order valence-corrected chi connectivity index (χ3v) is 10.4. The van der Waals surface area contributed by atoms with E-state index in [4.69, 9.17) is 14.2 Å². The van der Waals surface area contributed by atoms with Crippen LogP contribution < -0.4 is 21.5 Å². The first-order chi connectivity index (χ1) is 23.8. The molecule has 2 amide bonds. The number of benzene rings is 2. The normalized spacial score (nSPS) is 23.5. The fourth-order valence-electron chi connectivity index (χ4n) is 6.76. The summed E-state index contributed by atoms with van der Waals surface area (Å²) in [5.74, 6) is -1.01. The zero-order valence-corrected chi connectivity index (χ0v) is 27.3. The number of thiazole rings is 1. The number of pyridine rings is 1. The Bertz CT molecular complexity index is 1850. The summed E-state index contributed by atoms with van der Waals surface area (Å²) in [5.41, 5.74) is 0.898. The van der Waals surface area contributed by atoms with E-state index in [0.29, 0.717) is 31.5 Å². The molecule has 0 bridgehead atoms. The van der Waals surface area contributed by atoms with Crippen LogP contribution >= 0.6 is 11.3 Å². The minimum atomic E-state index is -1.43. The molecule has 2 aromatic heterocycles. The Kier molecular flexibility index (Phi) is 9.82. The number of carbonyl (C=O) groups is 3. The zero-order valence-electron chi connectivity index (χ0n) is 26.5. The molecule has 5 heterocycles. The molecule has 1 unspecified atom stereocenters. The largest absolute Gasteiger partial charge is 0.443 e. The number of aromatic nitrogens is 2. The lowest BCUT2D eigenvalue weighted by Gasteiger charge is -2.30. The summed E-state index contributed by atoms with van der Waals surface area (Å²) in [6.45, 7) is 1.24. The minimum Gasteiger partial charge on any atom is -0.443 e. The van der Waals surface area contributed by atoms with Crippen LogP contribution in [0.25, 0.3) is 10.2 Å². The van der Waals surface area contributed by atoms with Gasteiger partial charge in [0, 0.05) is 18.7 Å². The summed E-state index contributed by atoms with van der Waals surface area (Å²) in [4.78, 5) is 58.0. The number of nitrogens with one attached hydrogen (secondary N) is 3. The number of anilines is 1. The number of carbonyl (C=O) groups excluding carboxylic acids is 3. The highest BCUT2D eigenvalue weighted by molar-refractivity contribution is 7.20. The van der Waals surface area contributed by atoms with Crippen molar-refractivity contribution < 1.29 is 33.7 Å². The molecule has 7 atom stereocenters. The third-order valence-electron chi connectivity index (χ3n) is 9.34. The maximum atomic E-state index is 14.0. The third kappa shape index (κ3) is 7.28. The number of Topliss-reactive ketones (excluding diaryl/α,β-unsaturated/α-hetero) is 1. The molecule has 0 spiro atoms. The van der Waals surface area contributed by atoms with Crippen molar-refractivity contribution in [3.8, 4) is 0 Å². The van der Waals surface area contributed by atoms with E-state index in [1.165, 1.54) is 28.2 Å². The molecule has 4 aromatic rings. The first-order valence-electron chi connectivity index (χ1n) is 16.4. The number of fused-ring (bicyclic) bond motifs is 2. The lowest BCUT2D eigenvalue weighted by molar-refractivity contribution is -0.122. The Hall–Kier alpha value is -4.47. The molecule has 3 aliphatic rings. The predicted molar refractivity (Wildman–Crippen MR) is 180 cm³/mol. The molecule has 49 heavy (non-hydrogen) atoms. The monoisotopic (exact) mass is 687 g/mol. The van der Waals surface area contributed by atoms with Gasteiger partial charge >= 0.3 is 6.09 Å². The van der Waals surface area contributed by atoms with E-state index in [1.807, 2.05) is 54.6 Å². The van der Waals surface area contributed by atoms with Gasteiger partial charge in [0.25, 0.3) is 5.56 Å². The molecule has 14 heteroatoms. The molecule has 3 fully saturated rings. The topological polar surface area (TPSA) is 170 Å². The number of aliphatic hydroxyl groups excluding tert-OH is 1. The number of hydrogen-bond donors (Lipinski definition) is 4. The van der Waals surface area contributed by atoms with Crippen LogP contribution in [0.2, 0.25) is 0 Å². The summed E-state index contributed by atoms with van der Waals surface area (Å²) < 4.78 is 18.8. The molecule has 0 radical (unpaired) electrons. The molecular weight excluding hydrogens is 650 g/mol. The van der Waals surface area contributed by atoms with Gasteiger partial charge in [0.15, 0.2) is 11.3 Å². The Morgan fingerprint density at radius 3 is 2.67 bits per heavy atom. The van der Waals surface area contributed by atoms with Crippen LogP contribution in [-0.4, -0.2) is 76.9 Å². The highest BCUT2D eigenvalue weighted by Crippen LogP contribution is 2.33. The van der Waals surface area contributed by atoms with Crippen molar-refractivity contribution in [2.75, 3.05) is 25.1 Å². The average molecular weight is 688 g/mol. The van der Waals surface area contributed by atoms with Gasteiger partial charge in [0.2, 0.25) is 11.7 Å². The quantitative estimate of drug-likeness (QED) is 0.128. The molecule has 3 saturated heterocycles. The van der Waals surface area contributed by atoms with Crippen LogP contribution in [0.5, 0.6) is 0 Å². The molecular formula is C35H37N5O8S. The summed E-state index contributed by atoms with van der Waals surface area (Å²) in [7, 11) is 0. The molecule has 0 saturated carbocycles. The molecule has 7 rings (SSSR count). The van der Waals surface area contributed by atoms with Crippen LogP contribution in [0.15, 0.2) is 77.7 Å². The first-order valence-corrected chi connectivity index (χ1v) is 17.2. The second kappa shape index (κ2) is 14.6. The Morgan fingerprint density at radius 2 is 1.88 bits per heavy atom. The van der Waals surface area contributed by atoms with E-state index in [1.54, 1.807) is 6.07 Å². The summed E-state index contributed by atoms with van der Waals surface area (Å²) in [6.07, 6.45) is 0.00675. The second-order valence-corrected chi connectivity index (χ2v) is 13.5. The Labute approximate surface area is 285 Å². The van der Waals surface area contributed by atoms with E-state index in [-0.39, 0.29) is 47.8 Å². The van der Waals surface area contributed by atoms with Gasteiger partial charge in [0.1, 0.15) is 18.0 Å². The van der Waals surface area contributed by atoms with Crippen molar-refractivity contribution >= 4 is 45.0 Å². The van der Waals surface area contributed by atoms with Crippen molar-refractivity contribution in [2.24, 2.45) is 11.8 Å². The number of para-hydroxylation sites is 1. The predicted octanol–water partition coefficient (Wildman–Crippen LogP) is 3.24. The van der Waals surface area contributed by atoms with Crippen LogP contribution in [0.1, 0.15) is 40.7 Å². The second-order valence-electron chi connectivity index (χ2n) is 12.5. The first kappa shape index (κ1) is 33.0. The van der Waals surface area contributed by atoms with Crippen LogP contribution in [0.4, 0.5) is 10.5 Å². The smallest absolute Gasteiger partial charge is 0.412 e. The van der Waals surface area contributed by atoms with Crippen LogP contribution in [0.3, 0.4) is 0 Å². The number of amides is 2. The molecule has 2 aromatic carbocycles. The Morgan fingerprint density at radius 1 is 1.06 bits per heavy atom. The van der Waals surface area contributed by atoms with E-state index < -0.39 is 48.3 Å². The summed E-state index contributed by atoms with van der Waals surface area (Å²) >= 11 is 1.25. The average Bonchev–Trinajstić information content (AvgIpc) is 3.91. The van der Waals surface area contributed by atoms with Gasteiger partial charge in [0.05, 0.1) is 41.4 Å². The lowest BCUT2D eigenvalue weighted by atomic mass is 9.95.